The van der Waals surface area contributed by atoms with E-state index >= 15 is 0 Å². The SMILES string of the molecule is CCCCOC(=O)COC(=O)c1c2c(nc3ccccc13)CCN(Cc1ccccc1)C2. The summed E-state index contributed by atoms with van der Waals surface area (Å²) in [5.74, 6) is -1.03. The van der Waals surface area contributed by atoms with Crippen LogP contribution in [0.5, 0.6) is 0 Å². The highest BCUT2D eigenvalue weighted by molar-refractivity contribution is 6.05. The van der Waals surface area contributed by atoms with Crippen LogP contribution >= 0.6 is 0 Å². The molecule has 0 spiro atoms. The van der Waals surface area contributed by atoms with Gasteiger partial charge in [0.2, 0.25) is 0 Å². The third-order valence-corrected chi connectivity index (χ3v) is 5.66. The first-order valence-corrected chi connectivity index (χ1v) is 11.1. The highest BCUT2D eigenvalue weighted by Crippen LogP contribution is 2.29. The van der Waals surface area contributed by atoms with Gasteiger partial charge in [-0.15, -0.1) is 0 Å². The van der Waals surface area contributed by atoms with Crippen molar-refractivity contribution in [2.45, 2.75) is 39.3 Å². The zero-order valence-electron chi connectivity index (χ0n) is 18.4. The molecule has 2 aromatic carbocycles. The molecule has 2 heterocycles. The monoisotopic (exact) mass is 432 g/mol. The summed E-state index contributed by atoms with van der Waals surface area (Å²) < 4.78 is 10.5. The Kier molecular flexibility index (Phi) is 7.12. The number of esters is 2. The summed E-state index contributed by atoms with van der Waals surface area (Å²) in [5, 5.41) is 0.747. The Morgan fingerprint density at radius 2 is 1.81 bits per heavy atom. The van der Waals surface area contributed by atoms with Crippen LogP contribution in [0.1, 0.15) is 46.9 Å². The largest absolute Gasteiger partial charge is 0.463 e. The van der Waals surface area contributed by atoms with Gasteiger partial charge in [0, 0.05) is 42.7 Å². The predicted molar refractivity (Wildman–Crippen MR) is 122 cm³/mol. The first kappa shape index (κ1) is 22.0. The normalized spacial score (nSPS) is 13.5. The minimum absolute atomic E-state index is 0.342. The Balaban J connectivity index is 1.57. The minimum Gasteiger partial charge on any atom is -0.463 e. The molecule has 6 heteroatoms. The molecule has 0 bridgehead atoms. The summed E-state index contributed by atoms with van der Waals surface area (Å²) in [5.41, 5.74) is 4.30. The number of hydrogen-bond acceptors (Lipinski definition) is 6. The van der Waals surface area contributed by atoms with E-state index in [1.165, 1.54) is 5.56 Å². The van der Waals surface area contributed by atoms with Gasteiger partial charge >= 0.3 is 11.9 Å². The third kappa shape index (κ3) is 5.14. The lowest BCUT2D eigenvalue weighted by Gasteiger charge is -2.30. The fourth-order valence-electron chi connectivity index (χ4n) is 4.02. The summed E-state index contributed by atoms with van der Waals surface area (Å²) in [6.45, 7) is 4.24. The van der Waals surface area contributed by atoms with Crippen LogP contribution in [0.3, 0.4) is 0 Å². The highest BCUT2D eigenvalue weighted by Gasteiger charge is 2.27. The molecule has 0 saturated carbocycles. The van der Waals surface area contributed by atoms with Crippen LogP contribution in [0.2, 0.25) is 0 Å². The number of unbranched alkanes of at least 4 members (excludes halogenated alkanes) is 1. The summed E-state index contributed by atoms with van der Waals surface area (Å²) in [6, 6.07) is 17.9. The maximum absolute atomic E-state index is 13.2. The Morgan fingerprint density at radius 1 is 1.03 bits per heavy atom. The maximum atomic E-state index is 13.2. The van der Waals surface area contributed by atoms with Crippen molar-refractivity contribution in [2.75, 3.05) is 19.8 Å². The number of carbonyl (C=O) groups is 2. The standard InChI is InChI=1S/C26H28N2O4/c1-2-3-15-31-24(29)18-32-26(30)25-20-11-7-8-12-22(20)27-23-13-14-28(17-21(23)25)16-19-9-5-4-6-10-19/h4-12H,2-3,13-18H2,1H3. The molecule has 0 N–H and O–H groups in total. The summed E-state index contributed by atoms with van der Waals surface area (Å²) in [4.78, 5) is 32.2. The van der Waals surface area contributed by atoms with Crippen molar-refractivity contribution >= 4 is 22.8 Å². The molecule has 0 unspecified atom stereocenters. The molecule has 0 atom stereocenters. The summed E-state index contributed by atoms with van der Waals surface area (Å²) in [6.07, 6.45) is 2.48. The predicted octanol–water partition coefficient (Wildman–Crippen LogP) is 4.29. The van der Waals surface area contributed by atoms with E-state index in [1.54, 1.807) is 0 Å². The molecule has 0 fully saturated rings. The van der Waals surface area contributed by atoms with Crippen molar-refractivity contribution in [2.24, 2.45) is 0 Å². The van der Waals surface area contributed by atoms with Gasteiger partial charge in [-0.3, -0.25) is 9.88 Å². The summed E-state index contributed by atoms with van der Waals surface area (Å²) >= 11 is 0. The van der Waals surface area contributed by atoms with E-state index in [9.17, 15) is 9.59 Å². The number of nitrogens with zero attached hydrogens (tertiary/aromatic N) is 2. The molecular weight excluding hydrogens is 404 g/mol. The van der Waals surface area contributed by atoms with Gasteiger partial charge in [-0.25, -0.2) is 9.59 Å². The number of rotatable bonds is 8. The third-order valence-electron chi connectivity index (χ3n) is 5.66. The molecule has 0 saturated heterocycles. The summed E-state index contributed by atoms with van der Waals surface area (Å²) in [7, 11) is 0. The van der Waals surface area contributed by atoms with E-state index in [-0.39, 0.29) is 6.61 Å². The Labute approximate surface area is 188 Å². The molecule has 4 rings (SSSR count). The second kappa shape index (κ2) is 10.4. The molecular formula is C26H28N2O4. The van der Waals surface area contributed by atoms with Gasteiger partial charge in [-0.1, -0.05) is 61.9 Å². The van der Waals surface area contributed by atoms with E-state index in [2.05, 4.69) is 17.0 Å². The minimum atomic E-state index is -0.523. The first-order chi connectivity index (χ1) is 15.7. The smallest absolute Gasteiger partial charge is 0.344 e. The lowest BCUT2D eigenvalue weighted by Crippen LogP contribution is -2.32. The Hall–Kier alpha value is -3.25. The average Bonchev–Trinajstić information content (AvgIpc) is 2.82. The number of aromatic nitrogens is 1. The van der Waals surface area contributed by atoms with Gasteiger partial charge in [0.05, 0.1) is 17.7 Å². The molecule has 0 aliphatic carbocycles. The molecule has 32 heavy (non-hydrogen) atoms. The molecule has 6 nitrogen and oxygen atoms in total. The highest BCUT2D eigenvalue weighted by atomic mass is 16.6. The topological polar surface area (TPSA) is 68.7 Å². The van der Waals surface area contributed by atoms with Gasteiger partial charge in [0.15, 0.2) is 6.61 Å². The van der Waals surface area contributed by atoms with E-state index in [0.29, 0.717) is 18.7 Å². The lowest BCUT2D eigenvalue weighted by molar-refractivity contribution is -0.147. The van der Waals surface area contributed by atoms with Crippen molar-refractivity contribution in [3.05, 3.63) is 77.0 Å². The number of ether oxygens (including phenoxy) is 2. The van der Waals surface area contributed by atoms with Crippen molar-refractivity contribution in [3.8, 4) is 0 Å². The zero-order valence-corrected chi connectivity index (χ0v) is 18.4. The molecule has 1 aliphatic heterocycles. The van der Waals surface area contributed by atoms with Crippen LogP contribution in [0, 0.1) is 0 Å². The van der Waals surface area contributed by atoms with Crippen LogP contribution in [0.25, 0.3) is 10.9 Å². The van der Waals surface area contributed by atoms with Crippen molar-refractivity contribution < 1.29 is 19.1 Å². The van der Waals surface area contributed by atoms with E-state index in [0.717, 1.165) is 54.5 Å². The van der Waals surface area contributed by atoms with Crippen LogP contribution < -0.4 is 0 Å². The average molecular weight is 433 g/mol. The van der Waals surface area contributed by atoms with Crippen LogP contribution in [-0.4, -0.2) is 41.6 Å². The maximum Gasteiger partial charge on any atom is 0.344 e. The second-order valence-corrected chi connectivity index (χ2v) is 8.03. The second-order valence-electron chi connectivity index (χ2n) is 8.03. The number of carbonyl (C=O) groups excluding carboxylic acids is 2. The first-order valence-electron chi connectivity index (χ1n) is 11.1. The van der Waals surface area contributed by atoms with E-state index < -0.39 is 11.9 Å². The number of hydrogen-bond donors (Lipinski definition) is 0. The molecule has 0 radical (unpaired) electrons. The van der Waals surface area contributed by atoms with Crippen LogP contribution in [-0.2, 0) is 33.8 Å². The molecule has 1 aliphatic rings. The number of para-hydroxylation sites is 1. The van der Waals surface area contributed by atoms with Crippen molar-refractivity contribution in [3.63, 3.8) is 0 Å². The quantitative estimate of drug-likeness (QED) is 0.391. The van der Waals surface area contributed by atoms with E-state index in [4.69, 9.17) is 14.5 Å². The zero-order chi connectivity index (χ0) is 22.3. The molecule has 3 aromatic rings. The van der Waals surface area contributed by atoms with Gasteiger partial charge in [0.25, 0.3) is 0 Å². The molecule has 1 aromatic heterocycles. The van der Waals surface area contributed by atoms with Crippen LogP contribution in [0.15, 0.2) is 54.6 Å². The van der Waals surface area contributed by atoms with Crippen LogP contribution in [0.4, 0.5) is 0 Å². The van der Waals surface area contributed by atoms with Gasteiger partial charge in [-0.2, -0.15) is 0 Å². The van der Waals surface area contributed by atoms with Gasteiger partial charge in [0.1, 0.15) is 0 Å². The number of pyridine rings is 1. The lowest BCUT2D eigenvalue weighted by atomic mass is 9.95. The van der Waals surface area contributed by atoms with Gasteiger partial charge in [-0.05, 0) is 18.1 Å². The number of benzene rings is 2. The van der Waals surface area contributed by atoms with Crippen molar-refractivity contribution in [1.29, 1.82) is 0 Å². The van der Waals surface area contributed by atoms with Gasteiger partial charge < -0.3 is 9.47 Å². The van der Waals surface area contributed by atoms with E-state index in [1.807, 2.05) is 49.4 Å². The fourth-order valence-corrected chi connectivity index (χ4v) is 4.02. The Morgan fingerprint density at radius 3 is 2.62 bits per heavy atom. The Bertz CT molecular complexity index is 1100. The van der Waals surface area contributed by atoms with Crippen molar-refractivity contribution in [1.82, 2.24) is 9.88 Å². The fraction of sp³-hybridized carbons (Fsp3) is 0.346. The molecule has 166 valence electrons. The molecule has 0 amide bonds. The number of fused-ring (bicyclic) bond motifs is 2.